The maximum atomic E-state index is 11.0. The second-order valence-electron chi connectivity index (χ2n) is 3.07. The van der Waals surface area contributed by atoms with Crippen molar-refractivity contribution in [2.24, 2.45) is 0 Å². The lowest BCUT2D eigenvalue weighted by atomic mass is 10.3. The Labute approximate surface area is 98.1 Å². The van der Waals surface area contributed by atoms with Crippen molar-refractivity contribution >= 4 is 8.03 Å². The Morgan fingerprint density at radius 3 is 2.25 bits per heavy atom. The molecule has 0 saturated heterocycles. The molecule has 16 heavy (non-hydrogen) atoms. The number of hydrogen-bond donors (Lipinski definition) is 0. The van der Waals surface area contributed by atoms with Crippen molar-refractivity contribution < 1.29 is 18.6 Å². The van der Waals surface area contributed by atoms with Gasteiger partial charge in [0.25, 0.3) is 0 Å². The van der Waals surface area contributed by atoms with Gasteiger partial charge in [-0.1, -0.05) is 5.73 Å². The largest absolute Gasteiger partial charge is 0.555 e. The average Bonchev–Trinajstić information content (AvgIpc) is 2.25. The highest BCUT2D eigenvalue weighted by Crippen LogP contribution is 2.20. The van der Waals surface area contributed by atoms with Crippen LogP contribution in [0.15, 0.2) is 18.1 Å². The highest BCUT2D eigenvalue weighted by molar-refractivity contribution is 7.39. The van der Waals surface area contributed by atoms with Crippen molar-refractivity contribution in [2.45, 2.75) is 33.5 Å². The molecule has 1 atom stereocenters. The van der Waals surface area contributed by atoms with Crippen LogP contribution in [0.3, 0.4) is 0 Å². The molecule has 0 aliphatic carbocycles. The minimum Gasteiger partial charge on any atom is -0.346 e. The lowest BCUT2D eigenvalue weighted by molar-refractivity contribution is -0.186. The molecule has 4 nitrogen and oxygen atoms in total. The minimum absolute atomic E-state index is 0.488. The first-order chi connectivity index (χ1) is 7.58. The maximum absolute atomic E-state index is 11.0. The zero-order valence-electron chi connectivity index (χ0n) is 10.4. The van der Waals surface area contributed by atoms with Crippen molar-refractivity contribution in [2.75, 3.05) is 19.4 Å². The maximum Gasteiger partial charge on any atom is 0.555 e. The van der Waals surface area contributed by atoms with E-state index < -0.39 is 13.8 Å². The van der Waals surface area contributed by atoms with Crippen LogP contribution in [0.2, 0.25) is 0 Å². The topological polar surface area (TPSA) is 44.8 Å². The summed E-state index contributed by atoms with van der Waals surface area (Å²) in [5.74, 6) is -0.804. The van der Waals surface area contributed by atoms with Gasteiger partial charge >= 0.3 is 8.03 Å². The van der Waals surface area contributed by atoms with E-state index >= 15 is 0 Å². The molecular weight excluding hydrogens is 227 g/mol. The molecule has 0 bridgehead atoms. The van der Waals surface area contributed by atoms with E-state index in [0.717, 1.165) is 0 Å². The van der Waals surface area contributed by atoms with Gasteiger partial charge in [0, 0.05) is 19.3 Å². The standard InChI is InChI=1S/C11H20O4P/c1-5-13-11(4,14-6-2)9-8-10-15-16(12)7-3/h9-10H,5-7H2,1-4H3/q+1. The van der Waals surface area contributed by atoms with Crippen molar-refractivity contribution in [1.29, 1.82) is 0 Å². The fourth-order valence-electron chi connectivity index (χ4n) is 1.05. The Bertz CT molecular complexity index is 263. The van der Waals surface area contributed by atoms with Gasteiger partial charge < -0.3 is 9.47 Å². The third kappa shape index (κ3) is 6.76. The Hall–Kier alpha value is -0.660. The molecule has 0 fully saturated rings. The molecule has 0 spiro atoms. The molecule has 0 rings (SSSR count). The van der Waals surface area contributed by atoms with Gasteiger partial charge in [-0.2, -0.15) is 0 Å². The molecule has 0 aliphatic heterocycles. The first-order valence-corrected chi connectivity index (χ1v) is 6.75. The molecular formula is C11H20O4P+. The fourth-order valence-corrected chi connectivity index (χ4v) is 1.37. The van der Waals surface area contributed by atoms with Crippen LogP contribution in [-0.2, 0) is 18.6 Å². The van der Waals surface area contributed by atoms with Gasteiger partial charge in [-0.25, -0.2) is 0 Å². The van der Waals surface area contributed by atoms with Gasteiger partial charge in [-0.3, -0.25) is 4.52 Å². The van der Waals surface area contributed by atoms with Crippen LogP contribution in [0.1, 0.15) is 27.7 Å². The normalized spacial score (nSPS) is 11.6. The first-order valence-electron chi connectivity index (χ1n) is 5.39. The average molecular weight is 247 g/mol. The minimum atomic E-state index is -1.61. The summed E-state index contributed by atoms with van der Waals surface area (Å²) in [4.78, 5) is 0. The molecule has 0 aromatic carbocycles. The SMILES string of the molecule is CCOC(C)(C=C=CO[P+](=O)CC)OCC. The van der Waals surface area contributed by atoms with Crippen LogP contribution in [0.5, 0.6) is 0 Å². The smallest absolute Gasteiger partial charge is 0.346 e. The molecule has 1 unspecified atom stereocenters. The van der Waals surface area contributed by atoms with Gasteiger partial charge in [0.05, 0.1) is 0 Å². The monoisotopic (exact) mass is 247 g/mol. The van der Waals surface area contributed by atoms with E-state index in [9.17, 15) is 4.57 Å². The molecule has 0 aliphatic rings. The molecule has 5 heteroatoms. The molecule has 0 aromatic heterocycles. The Balaban J connectivity index is 4.37. The summed E-state index contributed by atoms with van der Waals surface area (Å²) in [5.41, 5.74) is 2.75. The highest BCUT2D eigenvalue weighted by atomic mass is 31.1. The first kappa shape index (κ1) is 15.3. The number of rotatable bonds is 8. The van der Waals surface area contributed by atoms with Crippen LogP contribution in [0, 0.1) is 0 Å². The third-order valence-electron chi connectivity index (χ3n) is 1.70. The summed E-state index contributed by atoms with van der Waals surface area (Å²) in [7, 11) is -1.61. The second-order valence-corrected chi connectivity index (χ2v) is 4.57. The van der Waals surface area contributed by atoms with Crippen molar-refractivity contribution in [3.05, 3.63) is 18.1 Å². The van der Waals surface area contributed by atoms with Crippen LogP contribution < -0.4 is 0 Å². The third-order valence-corrected chi connectivity index (χ3v) is 2.56. The summed E-state index contributed by atoms with van der Waals surface area (Å²) >= 11 is 0. The van der Waals surface area contributed by atoms with Gasteiger partial charge in [0.1, 0.15) is 0 Å². The zero-order valence-corrected chi connectivity index (χ0v) is 11.3. The Morgan fingerprint density at radius 1 is 1.25 bits per heavy atom. The van der Waals surface area contributed by atoms with E-state index in [1.165, 1.54) is 6.26 Å². The Morgan fingerprint density at radius 2 is 1.81 bits per heavy atom. The summed E-state index contributed by atoms with van der Waals surface area (Å²) in [6.07, 6.45) is 3.37. The quantitative estimate of drug-likeness (QED) is 0.286. The van der Waals surface area contributed by atoms with Crippen molar-refractivity contribution in [3.8, 4) is 0 Å². The number of ether oxygens (including phenoxy) is 2. The van der Waals surface area contributed by atoms with Crippen LogP contribution in [0.25, 0.3) is 0 Å². The van der Waals surface area contributed by atoms with Crippen molar-refractivity contribution in [1.82, 2.24) is 0 Å². The van der Waals surface area contributed by atoms with E-state index in [-0.39, 0.29) is 0 Å². The molecule has 0 N–H and O–H groups in total. The van der Waals surface area contributed by atoms with Crippen LogP contribution in [-0.4, -0.2) is 25.2 Å². The molecule has 0 amide bonds. The molecule has 0 radical (unpaired) electrons. The van der Waals surface area contributed by atoms with E-state index in [2.05, 4.69) is 5.73 Å². The zero-order chi connectivity index (χ0) is 12.4. The summed E-state index contributed by atoms with van der Waals surface area (Å²) in [6.45, 7) is 8.44. The van der Waals surface area contributed by atoms with Gasteiger partial charge in [0.2, 0.25) is 0 Å². The van der Waals surface area contributed by atoms with E-state index in [1.807, 2.05) is 13.8 Å². The molecule has 92 valence electrons. The molecule has 0 heterocycles. The number of hydrogen-bond acceptors (Lipinski definition) is 4. The fraction of sp³-hybridized carbons (Fsp3) is 0.727. The summed E-state index contributed by atoms with van der Waals surface area (Å²) in [5, 5.41) is 0. The Kier molecular flexibility index (Phi) is 8.14. The van der Waals surface area contributed by atoms with Crippen LogP contribution >= 0.6 is 8.03 Å². The van der Waals surface area contributed by atoms with Crippen LogP contribution in [0.4, 0.5) is 0 Å². The predicted molar refractivity (Wildman–Crippen MR) is 63.5 cm³/mol. The molecule has 0 saturated carbocycles. The predicted octanol–water partition coefficient (Wildman–Crippen LogP) is 3.22. The van der Waals surface area contributed by atoms with Crippen molar-refractivity contribution in [3.63, 3.8) is 0 Å². The highest BCUT2D eigenvalue weighted by Gasteiger charge is 2.20. The van der Waals surface area contributed by atoms with Gasteiger partial charge in [0.15, 0.2) is 18.2 Å². The molecule has 0 aromatic rings. The lowest BCUT2D eigenvalue weighted by Crippen LogP contribution is -2.29. The van der Waals surface area contributed by atoms with E-state index in [4.69, 9.17) is 14.0 Å². The lowest BCUT2D eigenvalue weighted by Gasteiger charge is -2.24. The van der Waals surface area contributed by atoms with Gasteiger partial charge in [-0.15, -0.1) is 0 Å². The van der Waals surface area contributed by atoms with Gasteiger partial charge in [-0.05, 0) is 32.3 Å². The summed E-state index contributed by atoms with van der Waals surface area (Å²) in [6, 6.07) is 0. The second kappa shape index (κ2) is 8.49. The van der Waals surface area contributed by atoms with E-state index in [0.29, 0.717) is 19.4 Å². The summed E-state index contributed by atoms with van der Waals surface area (Å²) < 4.78 is 26.7. The van der Waals surface area contributed by atoms with E-state index in [1.54, 1.807) is 19.9 Å².